The van der Waals surface area contributed by atoms with Crippen molar-refractivity contribution in [2.75, 3.05) is 18.4 Å². The zero-order chi connectivity index (χ0) is 17.2. The normalized spacial score (nSPS) is 16.4. The van der Waals surface area contributed by atoms with Gasteiger partial charge in [-0.15, -0.1) is 0 Å². The van der Waals surface area contributed by atoms with E-state index < -0.39 is 0 Å². The van der Waals surface area contributed by atoms with Crippen LogP contribution >= 0.6 is 15.9 Å². The average molecular weight is 401 g/mol. The van der Waals surface area contributed by atoms with Crippen molar-refractivity contribution in [2.24, 2.45) is 0 Å². The Morgan fingerprint density at radius 3 is 2.72 bits per heavy atom. The molecule has 0 saturated carbocycles. The molecule has 7 heteroatoms. The zero-order valence-electron chi connectivity index (χ0n) is 14.2. The Hall–Kier alpha value is -1.99. The summed E-state index contributed by atoms with van der Waals surface area (Å²) in [6.45, 7) is 5.19. The summed E-state index contributed by atoms with van der Waals surface area (Å²) in [5.41, 5.74) is 2.32. The Morgan fingerprint density at radius 1 is 1.20 bits per heavy atom. The van der Waals surface area contributed by atoms with Crippen LogP contribution in [0.1, 0.15) is 24.1 Å². The average Bonchev–Trinajstić information content (AvgIpc) is 3.07. The summed E-state index contributed by atoms with van der Waals surface area (Å²) in [6.07, 6.45) is 3.79. The van der Waals surface area contributed by atoms with Crippen molar-refractivity contribution in [1.82, 2.24) is 24.5 Å². The predicted octanol–water partition coefficient (Wildman–Crippen LogP) is 3.27. The van der Waals surface area contributed by atoms with Gasteiger partial charge in [-0.05, 0) is 37.5 Å². The van der Waals surface area contributed by atoms with E-state index >= 15 is 0 Å². The number of rotatable bonds is 4. The van der Waals surface area contributed by atoms with Crippen molar-refractivity contribution in [3.05, 3.63) is 52.4 Å². The molecule has 0 bridgehead atoms. The molecule has 2 aromatic heterocycles. The first kappa shape index (κ1) is 16.5. The number of nitrogens with zero attached hydrogens (tertiary/aromatic N) is 5. The van der Waals surface area contributed by atoms with Crippen LogP contribution in [0.25, 0.3) is 5.78 Å². The lowest BCUT2D eigenvalue weighted by molar-refractivity contribution is 0.211. The molecule has 3 aromatic rings. The molecule has 6 nitrogen and oxygen atoms in total. The number of aryl methyl sites for hydroxylation is 1. The first-order chi connectivity index (χ1) is 12.2. The van der Waals surface area contributed by atoms with Crippen LogP contribution in [-0.2, 0) is 6.54 Å². The van der Waals surface area contributed by atoms with Crippen LogP contribution in [-0.4, -0.2) is 43.6 Å². The first-order valence-electron chi connectivity index (χ1n) is 8.58. The molecule has 1 aromatic carbocycles. The van der Waals surface area contributed by atoms with Crippen LogP contribution in [0, 0.1) is 6.92 Å². The highest BCUT2D eigenvalue weighted by Crippen LogP contribution is 2.19. The van der Waals surface area contributed by atoms with Gasteiger partial charge < -0.3 is 5.32 Å². The molecule has 0 aliphatic carbocycles. The second-order valence-electron chi connectivity index (χ2n) is 6.58. The molecule has 3 heterocycles. The van der Waals surface area contributed by atoms with Crippen molar-refractivity contribution in [3.8, 4) is 0 Å². The van der Waals surface area contributed by atoms with Crippen LogP contribution in [0.2, 0.25) is 0 Å². The fourth-order valence-corrected chi connectivity index (χ4v) is 3.59. The molecule has 1 saturated heterocycles. The Morgan fingerprint density at radius 2 is 1.96 bits per heavy atom. The molecule has 0 amide bonds. The lowest BCUT2D eigenvalue weighted by Gasteiger charge is -2.32. The number of nitrogens with one attached hydrogen (secondary N) is 1. The fourth-order valence-electron chi connectivity index (χ4n) is 3.33. The van der Waals surface area contributed by atoms with Crippen LogP contribution < -0.4 is 5.32 Å². The van der Waals surface area contributed by atoms with Gasteiger partial charge in [0.1, 0.15) is 12.1 Å². The van der Waals surface area contributed by atoms with Crippen LogP contribution in [0.5, 0.6) is 0 Å². The van der Waals surface area contributed by atoms with E-state index in [0.717, 1.165) is 48.5 Å². The third-order valence-corrected chi connectivity index (χ3v) is 5.17. The number of aromatic nitrogens is 4. The molecule has 130 valence electrons. The van der Waals surface area contributed by atoms with Crippen molar-refractivity contribution in [2.45, 2.75) is 32.4 Å². The number of hydrogen-bond donors (Lipinski definition) is 1. The lowest BCUT2D eigenvalue weighted by Crippen LogP contribution is -2.39. The highest BCUT2D eigenvalue weighted by Gasteiger charge is 2.20. The van der Waals surface area contributed by atoms with Gasteiger partial charge in [-0.3, -0.25) is 4.90 Å². The maximum atomic E-state index is 4.39. The first-order valence-corrected chi connectivity index (χ1v) is 9.37. The molecule has 0 unspecified atom stereocenters. The second kappa shape index (κ2) is 7.09. The highest BCUT2D eigenvalue weighted by atomic mass is 79.9. The van der Waals surface area contributed by atoms with Gasteiger partial charge in [0.05, 0.1) is 0 Å². The van der Waals surface area contributed by atoms with E-state index in [-0.39, 0.29) is 0 Å². The molecule has 4 rings (SSSR count). The summed E-state index contributed by atoms with van der Waals surface area (Å²) in [5.74, 6) is 1.63. The lowest BCUT2D eigenvalue weighted by atomic mass is 10.0. The number of fused-ring (bicyclic) bond motifs is 1. The van der Waals surface area contributed by atoms with Gasteiger partial charge in [-0.2, -0.15) is 14.6 Å². The topological polar surface area (TPSA) is 58.4 Å². The number of benzene rings is 1. The van der Waals surface area contributed by atoms with Crippen LogP contribution in [0.4, 0.5) is 5.82 Å². The molecule has 0 atom stereocenters. The maximum Gasteiger partial charge on any atom is 0.254 e. The third-order valence-electron chi connectivity index (χ3n) is 4.64. The van der Waals surface area contributed by atoms with Gasteiger partial charge >= 0.3 is 0 Å². The third kappa shape index (κ3) is 3.82. The van der Waals surface area contributed by atoms with Gasteiger partial charge in [-0.25, -0.2) is 4.98 Å². The standard InChI is InChI=1S/C18H21BrN6/c1-13-10-17(25-18(22-13)20-12-21-25)23-16-6-8-24(9-7-16)11-14-2-4-15(19)5-3-14/h2-5,10,12,16,23H,6-9,11H2,1H3. The van der Waals surface area contributed by atoms with Crippen molar-refractivity contribution in [1.29, 1.82) is 0 Å². The molecular weight excluding hydrogens is 380 g/mol. The summed E-state index contributed by atoms with van der Waals surface area (Å²) in [7, 11) is 0. The molecule has 1 aliphatic heterocycles. The zero-order valence-corrected chi connectivity index (χ0v) is 15.8. The summed E-state index contributed by atoms with van der Waals surface area (Å²) in [5, 5.41) is 7.90. The van der Waals surface area contributed by atoms with Crippen LogP contribution in [0.3, 0.4) is 0 Å². The molecule has 0 radical (unpaired) electrons. The molecular formula is C18H21BrN6. The molecule has 0 spiro atoms. The smallest absolute Gasteiger partial charge is 0.254 e. The minimum atomic E-state index is 0.454. The molecule has 1 fully saturated rings. The van der Waals surface area contributed by atoms with E-state index in [4.69, 9.17) is 0 Å². The van der Waals surface area contributed by atoms with Gasteiger partial charge in [0.2, 0.25) is 0 Å². The summed E-state index contributed by atoms with van der Waals surface area (Å²) in [4.78, 5) is 11.1. The van der Waals surface area contributed by atoms with Gasteiger partial charge in [0, 0.05) is 41.9 Å². The highest BCUT2D eigenvalue weighted by molar-refractivity contribution is 9.10. The van der Waals surface area contributed by atoms with E-state index in [0.29, 0.717) is 11.8 Å². The van der Waals surface area contributed by atoms with E-state index in [1.54, 1.807) is 10.8 Å². The van der Waals surface area contributed by atoms with Gasteiger partial charge in [0.15, 0.2) is 0 Å². The summed E-state index contributed by atoms with van der Waals surface area (Å²) < 4.78 is 2.91. The quantitative estimate of drug-likeness (QED) is 0.727. The minimum absolute atomic E-state index is 0.454. The van der Waals surface area contributed by atoms with Gasteiger partial charge in [-0.1, -0.05) is 28.1 Å². The summed E-state index contributed by atoms with van der Waals surface area (Å²) >= 11 is 3.49. The Balaban J connectivity index is 1.37. The van der Waals surface area contributed by atoms with E-state index in [9.17, 15) is 0 Å². The van der Waals surface area contributed by atoms with E-state index in [2.05, 4.69) is 65.5 Å². The van der Waals surface area contributed by atoms with E-state index in [1.165, 1.54) is 5.56 Å². The molecule has 1 N–H and O–H groups in total. The van der Waals surface area contributed by atoms with Crippen LogP contribution in [0.15, 0.2) is 41.1 Å². The largest absolute Gasteiger partial charge is 0.367 e. The van der Waals surface area contributed by atoms with E-state index in [1.807, 2.05) is 13.0 Å². The Kier molecular flexibility index (Phi) is 4.67. The van der Waals surface area contributed by atoms with Crippen molar-refractivity contribution >= 4 is 27.5 Å². The maximum absolute atomic E-state index is 4.39. The van der Waals surface area contributed by atoms with Gasteiger partial charge in [0.25, 0.3) is 5.78 Å². The summed E-state index contributed by atoms with van der Waals surface area (Å²) in [6, 6.07) is 11.1. The Labute approximate surface area is 155 Å². The number of anilines is 1. The number of piperidine rings is 1. The number of halogens is 1. The van der Waals surface area contributed by atoms with Crippen molar-refractivity contribution in [3.63, 3.8) is 0 Å². The number of hydrogen-bond acceptors (Lipinski definition) is 5. The Bertz CT molecular complexity index is 852. The SMILES string of the molecule is Cc1cc(NC2CCN(Cc3ccc(Br)cc3)CC2)n2ncnc2n1. The second-order valence-corrected chi connectivity index (χ2v) is 7.49. The number of likely N-dealkylation sites (tertiary alicyclic amines) is 1. The fraction of sp³-hybridized carbons (Fsp3) is 0.389. The van der Waals surface area contributed by atoms with Crippen molar-refractivity contribution < 1.29 is 0 Å². The monoisotopic (exact) mass is 400 g/mol. The molecule has 1 aliphatic rings. The minimum Gasteiger partial charge on any atom is -0.367 e. The predicted molar refractivity (Wildman–Crippen MR) is 102 cm³/mol. The molecule has 25 heavy (non-hydrogen) atoms.